The zero-order valence-electron chi connectivity index (χ0n) is 16.5. The van der Waals surface area contributed by atoms with E-state index in [1.807, 2.05) is 13.0 Å². The van der Waals surface area contributed by atoms with E-state index in [-0.39, 0.29) is 6.03 Å². The summed E-state index contributed by atoms with van der Waals surface area (Å²) in [5.41, 5.74) is 1.64. The number of nitrogens with one attached hydrogen (secondary N) is 3. The molecule has 150 valence electrons. The van der Waals surface area contributed by atoms with Gasteiger partial charge in [0, 0.05) is 43.6 Å². The molecule has 1 aromatic heterocycles. The number of anilines is 3. The molecule has 0 aliphatic carbocycles. The number of carbonyl (C=O) groups excluding carboxylic acids is 1. The molecule has 28 heavy (non-hydrogen) atoms. The number of ether oxygens (including phenoxy) is 1. The highest BCUT2D eigenvalue weighted by Crippen LogP contribution is 2.19. The van der Waals surface area contributed by atoms with Crippen molar-refractivity contribution < 1.29 is 9.53 Å². The molecule has 0 atom stereocenters. The van der Waals surface area contributed by atoms with Crippen molar-refractivity contribution in [2.45, 2.75) is 26.2 Å². The second kappa shape index (κ2) is 9.77. The van der Waals surface area contributed by atoms with Gasteiger partial charge in [-0.25, -0.2) is 9.78 Å². The average Bonchev–Trinajstić information content (AvgIpc) is 2.72. The van der Waals surface area contributed by atoms with Crippen molar-refractivity contribution in [3.05, 3.63) is 36.0 Å². The fourth-order valence-corrected chi connectivity index (χ4v) is 3.12. The van der Waals surface area contributed by atoms with Crippen molar-refractivity contribution in [1.29, 1.82) is 0 Å². The molecule has 1 fully saturated rings. The van der Waals surface area contributed by atoms with Crippen LogP contribution in [0.2, 0.25) is 0 Å². The van der Waals surface area contributed by atoms with Crippen LogP contribution in [0.4, 0.5) is 22.2 Å². The Morgan fingerprint density at radius 3 is 2.57 bits per heavy atom. The van der Waals surface area contributed by atoms with Gasteiger partial charge in [-0.2, -0.15) is 4.98 Å². The van der Waals surface area contributed by atoms with E-state index < -0.39 is 0 Å². The first kappa shape index (κ1) is 19.7. The Kier molecular flexibility index (Phi) is 6.89. The van der Waals surface area contributed by atoms with Crippen molar-refractivity contribution in [3.8, 4) is 5.75 Å². The minimum Gasteiger partial charge on any atom is -0.497 e. The Hall–Kier alpha value is -3.03. The van der Waals surface area contributed by atoms with Gasteiger partial charge >= 0.3 is 6.03 Å². The van der Waals surface area contributed by atoms with Gasteiger partial charge in [0.15, 0.2) is 0 Å². The van der Waals surface area contributed by atoms with Gasteiger partial charge in [-0.3, -0.25) is 0 Å². The molecule has 8 nitrogen and oxygen atoms in total. The smallest absolute Gasteiger partial charge is 0.319 e. The third-order valence-electron chi connectivity index (χ3n) is 4.56. The summed E-state index contributed by atoms with van der Waals surface area (Å²) in [4.78, 5) is 23.3. The molecule has 1 saturated heterocycles. The minimum absolute atomic E-state index is 0.258. The number of amides is 2. The molecular weight excluding hydrogens is 356 g/mol. The zero-order valence-corrected chi connectivity index (χ0v) is 16.5. The van der Waals surface area contributed by atoms with Crippen LogP contribution >= 0.6 is 0 Å². The van der Waals surface area contributed by atoms with E-state index in [2.05, 4.69) is 30.8 Å². The van der Waals surface area contributed by atoms with Gasteiger partial charge in [0.25, 0.3) is 0 Å². The van der Waals surface area contributed by atoms with E-state index in [4.69, 9.17) is 4.74 Å². The number of methoxy groups -OCH3 is 1. The number of nitrogens with zero attached hydrogens (tertiary/aromatic N) is 3. The minimum atomic E-state index is -0.258. The third-order valence-corrected chi connectivity index (χ3v) is 4.56. The molecule has 1 aliphatic heterocycles. The number of rotatable bonds is 7. The van der Waals surface area contributed by atoms with E-state index in [9.17, 15) is 4.79 Å². The molecular formula is C20H28N6O2. The quantitative estimate of drug-likeness (QED) is 0.636. The lowest BCUT2D eigenvalue weighted by Gasteiger charge is -2.28. The molecule has 1 aliphatic rings. The normalized spacial score (nSPS) is 13.7. The summed E-state index contributed by atoms with van der Waals surface area (Å²) in [5, 5.41) is 8.79. The summed E-state index contributed by atoms with van der Waals surface area (Å²) in [6, 6.07) is 8.94. The molecule has 8 heteroatoms. The van der Waals surface area contributed by atoms with Crippen molar-refractivity contribution >= 4 is 23.5 Å². The fourth-order valence-electron chi connectivity index (χ4n) is 3.12. The maximum Gasteiger partial charge on any atom is 0.319 e. The van der Waals surface area contributed by atoms with E-state index in [0.29, 0.717) is 24.7 Å². The van der Waals surface area contributed by atoms with E-state index in [0.717, 1.165) is 30.4 Å². The van der Waals surface area contributed by atoms with E-state index in [1.165, 1.54) is 19.3 Å². The number of piperidine rings is 1. The Morgan fingerprint density at radius 2 is 1.86 bits per heavy atom. The molecule has 2 amide bonds. The van der Waals surface area contributed by atoms with Gasteiger partial charge in [-0.05, 0) is 50.5 Å². The van der Waals surface area contributed by atoms with Crippen LogP contribution < -0.4 is 25.6 Å². The van der Waals surface area contributed by atoms with E-state index in [1.54, 1.807) is 31.4 Å². The molecule has 0 radical (unpaired) electrons. The summed E-state index contributed by atoms with van der Waals surface area (Å²) < 4.78 is 5.10. The van der Waals surface area contributed by atoms with E-state index >= 15 is 0 Å². The van der Waals surface area contributed by atoms with Gasteiger partial charge in [-0.1, -0.05) is 0 Å². The lowest BCUT2D eigenvalue weighted by Crippen LogP contribution is -2.33. The van der Waals surface area contributed by atoms with Crippen molar-refractivity contribution in [2.75, 3.05) is 48.8 Å². The summed E-state index contributed by atoms with van der Waals surface area (Å²) in [6.07, 6.45) is 3.70. The Labute approximate surface area is 165 Å². The Bertz CT molecular complexity index is 775. The number of carbonyl (C=O) groups is 1. The van der Waals surface area contributed by atoms with Crippen LogP contribution in [-0.2, 0) is 0 Å². The zero-order chi connectivity index (χ0) is 19.8. The van der Waals surface area contributed by atoms with Gasteiger partial charge in [0.05, 0.1) is 7.11 Å². The number of hydrogen-bond acceptors (Lipinski definition) is 6. The lowest BCUT2D eigenvalue weighted by atomic mass is 10.1. The van der Waals surface area contributed by atoms with Crippen molar-refractivity contribution in [2.24, 2.45) is 0 Å². The lowest BCUT2D eigenvalue weighted by molar-refractivity contribution is 0.252. The molecule has 2 heterocycles. The van der Waals surface area contributed by atoms with Crippen LogP contribution in [-0.4, -0.2) is 49.3 Å². The summed E-state index contributed by atoms with van der Waals surface area (Å²) in [6.45, 7) is 5.06. The van der Waals surface area contributed by atoms with Crippen LogP contribution in [0.1, 0.15) is 25.0 Å². The number of urea groups is 1. The fraction of sp³-hybridized carbons (Fsp3) is 0.450. The first-order chi connectivity index (χ1) is 13.6. The highest BCUT2D eigenvalue weighted by Gasteiger charge is 2.13. The van der Waals surface area contributed by atoms with Crippen molar-refractivity contribution in [3.63, 3.8) is 0 Å². The molecule has 1 aromatic carbocycles. The number of aryl methyl sites for hydroxylation is 1. The highest BCUT2D eigenvalue weighted by molar-refractivity contribution is 5.89. The standard InChI is InChI=1S/C20H28N6O2/c1-15-14-18(26-12-4-3-5-13-26)25-19(23-15)21-10-11-22-20(27)24-16-6-8-17(28-2)9-7-16/h6-9,14H,3-5,10-13H2,1-2H3,(H,21,23,25)(H2,22,24,27). The summed E-state index contributed by atoms with van der Waals surface area (Å²) in [5.74, 6) is 2.31. The van der Waals surface area contributed by atoms with Crippen LogP contribution in [0.25, 0.3) is 0 Å². The predicted molar refractivity (Wildman–Crippen MR) is 111 cm³/mol. The molecule has 0 spiro atoms. The van der Waals surface area contributed by atoms with Gasteiger partial charge in [0.1, 0.15) is 11.6 Å². The molecule has 0 unspecified atom stereocenters. The number of benzene rings is 1. The SMILES string of the molecule is COc1ccc(NC(=O)NCCNc2nc(C)cc(N3CCCCC3)n2)cc1. The second-order valence-electron chi connectivity index (χ2n) is 6.78. The van der Waals surface area contributed by atoms with Gasteiger partial charge < -0.3 is 25.6 Å². The van der Waals surface area contributed by atoms with Crippen LogP contribution in [0, 0.1) is 6.92 Å². The molecule has 3 rings (SSSR count). The summed E-state index contributed by atoms with van der Waals surface area (Å²) >= 11 is 0. The molecule has 0 bridgehead atoms. The maximum atomic E-state index is 12.0. The maximum absolute atomic E-state index is 12.0. The highest BCUT2D eigenvalue weighted by atomic mass is 16.5. The summed E-state index contributed by atoms with van der Waals surface area (Å²) in [7, 11) is 1.61. The topological polar surface area (TPSA) is 91.4 Å². The van der Waals surface area contributed by atoms with Crippen LogP contribution in [0.5, 0.6) is 5.75 Å². The van der Waals surface area contributed by atoms with Gasteiger partial charge in [0.2, 0.25) is 5.95 Å². The Morgan fingerprint density at radius 1 is 1.11 bits per heavy atom. The number of hydrogen-bond donors (Lipinski definition) is 3. The van der Waals surface area contributed by atoms with Gasteiger partial charge in [-0.15, -0.1) is 0 Å². The van der Waals surface area contributed by atoms with Crippen LogP contribution in [0.15, 0.2) is 30.3 Å². The second-order valence-corrected chi connectivity index (χ2v) is 6.78. The monoisotopic (exact) mass is 384 g/mol. The van der Waals surface area contributed by atoms with Crippen molar-refractivity contribution in [1.82, 2.24) is 15.3 Å². The largest absolute Gasteiger partial charge is 0.497 e. The molecule has 2 aromatic rings. The molecule has 3 N–H and O–H groups in total. The average molecular weight is 384 g/mol. The Balaban J connectivity index is 1.44. The third kappa shape index (κ3) is 5.73. The number of aromatic nitrogens is 2. The first-order valence-corrected chi connectivity index (χ1v) is 9.67. The van der Waals surface area contributed by atoms with Crippen LogP contribution in [0.3, 0.4) is 0 Å². The first-order valence-electron chi connectivity index (χ1n) is 9.67. The predicted octanol–water partition coefficient (Wildman–Crippen LogP) is 3.02. The molecule has 0 saturated carbocycles.